The molecule has 0 aromatic heterocycles. The Bertz CT molecular complexity index is 406. The summed E-state index contributed by atoms with van der Waals surface area (Å²) in [4.78, 5) is 33.3. The molecule has 1 rings (SSSR count). The summed E-state index contributed by atoms with van der Waals surface area (Å²) >= 11 is 0.839. The molecule has 0 aliphatic carbocycles. The molecule has 0 amide bonds. The van der Waals surface area contributed by atoms with Gasteiger partial charge in [-0.25, -0.2) is 14.4 Å². The Labute approximate surface area is 137 Å². The molecule has 0 saturated carbocycles. The van der Waals surface area contributed by atoms with Crippen LogP contribution in [0.2, 0.25) is 0 Å². The fourth-order valence-corrected chi connectivity index (χ4v) is 1.82. The molecular weight excluding hydrogens is 332 g/mol. The van der Waals surface area contributed by atoms with Crippen LogP contribution >= 0.6 is 11.8 Å². The van der Waals surface area contributed by atoms with E-state index in [0.29, 0.717) is 0 Å². The maximum Gasteiger partial charge on any atom is 0.508 e. The lowest BCUT2D eigenvalue weighted by Crippen LogP contribution is -2.33. The molecule has 0 atom stereocenters. The second-order valence-electron chi connectivity index (χ2n) is 4.02. The number of rotatable bonds is 8. The SMILES string of the molecule is C=CC(=O)OCCSC(=O)OCCOC(=O)OC1COCOC1. The Hall–Kier alpha value is -1.78. The van der Waals surface area contributed by atoms with Crippen LogP contribution in [-0.4, -0.2) is 69.1 Å². The van der Waals surface area contributed by atoms with Crippen molar-refractivity contribution in [2.24, 2.45) is 0 Å². The van der Waals surface area contributed by atoms with E-state index in [1.165, 1.54) is 0 Å². The average molecular weight is 350 g/mol. The molecule has 0 radical (unpaired) electrons. The molecule has 10 heteroatoms. The predicted octanol–water partition coefficient (Wildman–Crippen LogP) is 1.11. The van der Waals surface area contributed by atoms with Gasteiger partial charge in [0.05, 0.1) is 13.2 Å². The van der Waals surface area contributed by atoms with Crippen molar-refractivity contribution in [3.05, 3.63) is 12.7 Å². The van der Waals surface area contributed by atoms with E-state index >= 15 is 0 Å². The zero-order valence-corrected chi connectivity index (χ0v) is 13.2. The van der Waals surface area contributed by atoms with Gasteiger partial charge in [0.15, 0.2) is 6.10 Å². The molecule has 9 nitrogen and oxygen atoms in total. The van der Waals surface area contributed by atoms with Crippen LogP contribution in [0.15, 0.2) is 12.7 Å². The fourth-order valence-electron chi connectivity index (χ4n) is 1.32. The summed E-state index contributed by atoms with van der Waals surface area (Å²) in [5.74, 6) is -0.303. The zero-order valence-electron chi connectivity index (χ0n) is 12.4. The van der Waals surface area contributed by atoms with Crippen molar-refractivity contribution in [2.45, 2.75) is 6.10 Å². The summed E-state index contributed by atoms with van der Waals surface area (Å²) in [6.45, 7) is 3.74. The van der Waals surface area contributed by atoms with Gasteiger partial charge in [0, 0.05) is 11.8 Å². The predicted molar refractivity (Wildman–Crippen MR) is 78.0 cm³/mol. The van der Waals surface area contributed by atoms with E-state index in [1.807, 2.05) is 0 Å². The topological polar surface area (TPSA) is 107 Å². The van der Waals surface area contributed by atoms with E-state index in [4.69, 9.17) is 23.7 Å². The molecule has 0 bridgehead atoms. The number of carbonyl (C=O) groups excluding carboxylic acids is 3. The normalized spacial score (nSPS) is 14.6. The number of thioether (sulfide) groups is 1. The van der Waals surface area contributed by atoms with Crippen LogP contribution in [0.25, 0.3) is 0 Å². The molecule has 0 unspecified atom stereocenters. The fraction of sp³-hybridized carbons (Fsp3) is 0.615. The van der Waals surface area contributed by atoms with Crippen LogP contribution in [0.4, 0.5) is 9.59 Å². The maximum atomic E-state index is 11.3. The molecule has 130 valence electrons. The van der Waals surface area contributed by atoms with E-state index in [2.05, 4.69) is 11.3 Å². The third kappa shape index (κ3) is 9.76. The quantitative estimate of drug-likeness (QED) is 0.273. The highest BCUT2D eigenvalue weighted by Gasteiger charge is 2.19. The van der Waals surface area contributed by atoms with Gasteiger partial charge in [0.2, 0.25) is 0 Å². The lowest BCUT2D eigenvalue weighted by Gasteiger charge is -2.21. The summed E-state index contributed by atoms with van der Waals surface area (Å²) in [5.41, 5.74) is 0. The third-order valence-corrected chi connectivity index (χ3v) is 3.00. The molecule has 0 N–H and O–H groups in total. The summed E-state index contributed by atoms with van der Waals surface area (Å²) in [5, 5.41) is -0.564. The first-order chi connectivity index (χ1) is 11.1. The minimum Gasteiger partial charge on any atom is -0.462 e. The number of hydrogen-bond donors (Lipinski definition) is 0. The molecule has 0 spiro atoms. The number of esters is 1. The minimum absolute atomic E-state index is 0.0684. The Balaban J connectivity index is 1.96. The first kappa shape index (κ1) is 19.3. The molecular formula is C13H18O9S. The molecule has 1 aliphatic rings. The highest BCUT2D eigenvalue weighted by molar-refractivity contribution is 8.13. The Morgan fingerprint density at radius 1 is 1.09 bits per heavy atom. The second kappa shape index (κ2) is 11.7. The monoisotopic (exact) mass is 350 g/mol. The van der Waals surface area contributed by atoms with Crippen molar-refractivity contribution in [3.63, 3.8) is 0 Å². The van der Waals surface area contributed by atoms with Crippen LogP contribution in [0.5, 0.6) is 0 Å². The van der Waals surface area contributed by atoms with Gasteiger partial charge < -0.3 is 28.4 Å². The van der Waals surface area contributed by atoms with Gasteiger partial charge in [-0.2, -0.15) is 0 Å². The van der Waals surface area contributed by atoms with Gasteiger partial charge >= 0.3 is 17.4 Å². The van der Waals surface area contributed by atoms with Crippen molar-refractivity contribution in [1.82, 2.24) is 0 Å². The summed E-state index contributed by atoms with van der Waals surface area (Å²) in [7, 11) is 0. The maximum absolute atomic E-state index is 11.3. The first-order valence-electron chi connectivity index (χ1n) is 6.69. The number of hydrogen-bond acceptors (Lipinski definition) is 10. The van der Waals surface area contributed by atoms with Crippen molar-refractivity contribution in [1.29, 1.82) is 0 Å². The second-order valence-corrected chi connectivity index (χ2v) is 5.05. The Morgan fingerprint density at radius 3 is 2.48 bits per heavy atom. The standard InChI is InChI=1S/C13H18O9S/c1-2-11(14)19-5-6-23-13(16)21-4-3-20-12(15)22-10-7-17-9-18-8-10/h2,10H,1,3-9H2. The molecule has 0 aromatic rings. The molecule has 23 heavy (non-hydrogen) atoms. The van der Waals surface area contributed by atoms with E-state index < -0.39 is 23.5 Å². The Morgan fingerprint density at radius 2 is 1.78 bits per heavy atom. The number of ether oxygens (including phenoxy) is 6. The summed E-state index contributed by atoms with van der Waals surface area (Å²) < 4.78 is 29.0. The van der Waals surface area contributed by atoms with Gasteiger partial charge in [-0.05, 0) is 11.8 Å². The lowest BCUT2D eigenvalue weighted by atomic mass is 10.4. The zero-order chi connectivity index (χ0) is 16.9. The van der Waals surface area contributed by atoms with Crippen LogP contribution in [0.1, 0.15) is 0 Å². The first-order valence-corrected chi connectivity index (χ1v) is 7.68. The van der Waals surface area contributed by atoms with Gasteiger partial charge in [-0.15, -0.1) is 0 Å². The van der Waals surface area contributed by atoms with E-state index in [0.717, 1.165) is 17.8 Å². The number of carbonyl (C=O) groups is 3. The molecule has 1 saturated heterocycles. The molecule has 0 aromatic carbocycles. The summed E-state index contributed by atoms with van der Waals surface area (Å²) in [6, 6.07) is 0. The van der Waals surface area contributed by atoms with Crippen LogP contribution < -0.4 is 0 Å². The lowest BCUT2D eigenvalue weighted by molar-refractivity contribution is -0.157. The minimum atomic E-state index is -0.885. The average Bonchev–Trinajstić information content (AvgIpc) is 2.56. The van der Waals surface area contributed by atoms with Crippen LogP contribution in [0, 0.1) is 0 Å². The molecule has 1 fully saturated rings. The third-order valence-electron chi connectivity index (χ3n) is 2.27. The molecule has 1 aliphatic heterocycles. The van der Waals surface area contributed by atoms with Gasteiger partial charge in [-0.3, -0.25) is 0 Å². The van der Waals surface area contributed by atoms with Crippen molar-refractivity contribution in [3.8, 4) is 0 Å². The highest BCUT2D eigenvalue weighted by atomic mass is 32.2. The van der Waals surface area contributed by atoms with E-state index in [-0.39, 0.29) is 45.6 Å². The highest BCUT2D eigenvalue weighted by Crippen LogP contribution is 2.06. The van der Waals surface area contributed by atoms with Gasteiger partial charge in [-0.1, -0.05) is 6.58 Å². The molecule has 1 heterocycles. The van der Waals surface area contributed by atoms with Crippen molar-refractivity contribution < 1.29 is 42.8 Å². The van der Waals surface area contributed by atoms with E-state index in [1.54, 1.807) is 0 Å². The Kier molecular flexibility index (Phi) is 9.84. The van der Waals surface area contributed by atoms with Crippen molar-refractivity contribution in [2.75, 3.05) is 45.6 Å². The van der Waals surface area contributed by atoms with Gasteiger partial charge in [0.1, 0.15) is 26.6 Å². The van der Waals surface area contributed by atoms with Crippen molar-refractivity contribution >= 4 is 29.2 Å². The van der Waals surface area contributed by atoms with E-state index in [9.17, 15) is 14.4 Å². The summed E-state index contributed by atoms with van der Waals surface area (Å²) in [6.07, 6.45) is -0.359. The smallest absolute Gasteiger partial charge is 0.462 e. The van der Waals surface area contributed by atoms with Gasteiger partial charge in [0.25, 0.3) is 0 Å². The van der Waals surface area contributed by atoms with Crippen LogP contribution in [-0.2, 0) is 33.2 Å². The largest absolute Gasteiger partial charge is 0.508 e. The van der Waals surface area contributed by atoms with Crippen LogP contribution in [0.3, 0.4) is 0 Å².